The maximum absolute atomic E-state index is 5.77. The third kappa shape index (κ3) is 5.56. The normalized spacial score (nSPS) is 14.8. The van der Waals surface area contributed by atoms with E-state index in [0.29, 0.717) is 6.04 Å². The van der Waals surface area contributed by atoms with E-state index in [0.717, 1.165) is 19.0 Å². The Hall–Kier alpha value is -0.0800. The summed E-state index contributed by atoms with van der Waals surface area (Å²) in [5, 5.41) is 0. The van der Waals surface area contributed by atoms with Crippen molar-refractivity contribution in [1.82, 2.24) is 4.90 Å². The van der Waals surface area contributed by atoms with Crippen LogP contribution in [0.25, 0.3) is 0 Å². The van der Waals surface area contributed by atoms with Crippen molar-refractivity contribution < 1.29 is 0 Å². The zero-order valence-corrected chi connectivity index (χ0v) is 9.17. The lowest BCUT2D eigenvalue weighted by molar-refractivity contribution is 0.189. The summed E-state index contributed by atoms with van der Waals surface area (Å²) in [6, 6.07) is 0.893. The van der Waals surface area contributed by atoms with Crippen molar-refractivity contribution in [2.75, 3.05) is 13.1 Å². The Morgan fingerprint density at radius 2 is 1.50 bits per heavy atom. The van der Waals surface area contributed by atoms with Gasteiger partial charge >= 0.3 is 0 Å². The van der Waals surface area contributed by atoms with Crippen LogP contribution in [0.3, 0.4) is 0 Å². The molecule has 0 bridgehead atoms. The Balaban J connectivity index is 3.87. The van der Waals surface area contributed by atoms with Gasteiger partial charge in [-0.25, -0.2) is 0 Å². The van der Waals surface area contributed by atoms with Crippen LogP contribution >= 0.6 is 0 Å². The predicted octanol–water partition coefficient (Wildman–Crippen LogP) is 1.70. The van der Waals surface area contributed by atoms with E-state index in [-0.39, 0.29) is 6.04 Å². The Morgan fingerprint density at radius 3 is 1.75 bits per heavy atom. The highest BCUT2D eigenvalue weighted by atomic mass is 15.2. The molecule has 0 spiro atoms. The molecule has 2 nitrogen and oxygen atoms in total. The highest BCUT2D eigenvalue weighted by Crippen LogP contribution is 2.04. The maximum atomic E-state index is 5.77. The highest BCUT2D eigenvalue weighted by molar-refractivity contribution is 4.68. The standard InChI is InChI=1S/C10H24N2/c1-8(2)6-12(9(3)4)7-10(5)11/h8-10H,6-7,11H2,1-5H3/t10-/m0/s1. The van der Waals surface area contributed by atoms with E-state index in [1.807, 2.05) is 0 Å². The average Bonchev–Trinajstić information content (AvgIpc) is 1.83. The summed E-state index contributed by atoms with van der Waals surface area (Å²) >= 11 is 0. The second-order valence-corrected chi connectivity index (χ2v) is 4.42. The van der Waals surface area contributed by atoms with Crippen LogP contribution in [0.4, 0.5) is 0 Å². The maximum Gasteiger partial charge on any atom is 0.0139 e. The first kappa shape index (κ1) is 11.9. The van der Waals surface area contributed by atoms with Gasteiger partial charge in [0, 0.05) is 25.2 Å². The van der Waals surface area contributed by atoms with Crippen LogP contribution in [0.15, 0.2) is 0 Å². The summed E-state index contributed by atoms with van der Waals surface area (Å²) in [7, 11) is 0. The van der Waals surface area contributed by atoms with Crippen LogP contribution in [-0.4, -0.2) is 30.1 Å². The third-order valence-corrected chi connectivity index (χ3v) is 1.85. The van der Waals surface area contributed by atoms with Crippen molar-refractivity contribution >= 4 is 0 Å². The van der Waals surface area contributed by atoms with Gasteiger partial charge in [0.15, 0.2) is 0 Å². The van der Waals surface area contributed by atoms with Crippen molar-refractivity contribution in [3.05, 3.63) is 0 Å². The van der Waals surface area contributed by atoms with Gasteiger partial charge in [0.05, 0.1) is 0 Å². The molecule has 12 heavy (non-hydrogen) atoms. The second-order valence-electron chi connectivity index (χ2n) is 4.42. The minimum Gasteiger partial charge on any atom is -0.327 e. The zero-order chi connectivity index (χ0) is 9.72. The summed E-state index contributed by atoms with van der Waals surface area (Å²) in [4.78, 5) is 2.44. The first-order valence-electron chi connectivity index (χ1n) is 4.93. The molecule has 0 aromatic heterocycles. The molecule has 0 amide bonds. The molecule has 0 aromatic rings. The minimum atomic E-state index is 0.283. The molecule has 2 N–H and O–H groups in total. The van der Waals surface area contributed by atoms with E-state index in [1.165, 1.54) is 0 Å². The van der Waals surface area contributed by atoms with Gasteiger partial charge in [-0.2, -0.15) is 0 Å². The van der Waals surface area contributed by atoms with Gasteiger partial charge in [-0.15, -0.1) is 0 Å². The fourth-order valence-electron chi connectivity index (χ4n) is 1.34. The number of nitrogens with two attached hydrogens (primary N) is 1. The molecular weight excluding hydrogens is 148 g/mol. The van der Waals surface area contributed by atoms with Gasteiger partial charge in [-0.05, 0) is 26.7 Å². The topological polar surface area (TPSA) is 29.3 Å². The number of hydrogen-bond acceptors (Lipinski definition) is 2. The fraction of sp³-hybridized carbons (Fsp3) is 1.00. The van der Waals surface area contributed by atoms with E-state index >= 15 is 0 Å². The Labute approximate surface area is 77.1 Å². The van der Waals surface area contributed by atoms with Crippen LogP contribution in [0, 0.1) is 5.92 Å². The van der Waals surface area contributed by atoms with E-state index in [4.69, 9.17) is 5.73 Å². The predicted molar refractivity (Wildman–Crippen MR) is 55.2 cm³/mol. The van der Waals surface area contributed by atoms with Gasteiger partial charge in [0.1, 0.15) is 0 Å². The van der Waals surface area contributed by atoms with Crippen molar-refractivity contribution in [2.24, 2.45) is 11.7 Å². The lowest BCUT2D eigenvalue weighted by Gasteiger charge is -2.29. The smallest absolute Gasteiger partial charge is 0.0139 e. The van der Waals surface area contributed by atoms with Gasteiger partial charge in [-0.1, -0.05) is 13.8 Å². The van der Waals surface area contributed by atoms with Crippen molar-refractivity contribution in [1.29, 1.82) is 0 Å². The largest absolute Gasteiger partial charge is 0.327 e. The average molecular weight is 172 g/mol. The molecule has 0 unspecified atom stereocenters. The molecule has 0 saturated heterocycles. The fourth-order valence-corrected chi connectivity index (χ4v) is 1.34. The Kier molecular flexibility index (Phi) is 5.51. The molecule has 0 aromatic carbocycles. The molecule has 0 saturated carbocycles. The van der Waals surface area contributed by atoms with Crippen LogP contribution in [-0.2, 0) is 0 Å². The quantitative estimate of drug-likeness (QED) is 0.684. The summed E-state index contributed by atoms with van der Waals surface area (Å²) in [5.74, 6) is 0.728. The molecule has 0 aliphatic carbocycles. The molecule has 0 radical (unpaired) electrons. The molecule has 0 heterocycles. The van der Waals surface area contributed by atoms with Crippen molar-refractivity contribution in [3.8, 4) is 0 Å². The van der Waals surface area contributed by atoms with Gasteiger partial charge < -0.3 is 5.73 Å². The zero-order valence-electron chi connectivity index (χ0n) is 9.17. The highest BCUT2D eigenvalue weighted by Gasteiger charge is 2.12. The molecule has 2 heteroatoms. The first-order valence-corrected chi connectivity index (χ1v) is 4.93. The van der Waals surface area contributed by atoms with Crippen LogP contribution < -0.4 is 5.73 Å². The Morgan fingerprint density at radius 1 is 1.00 bits per heavy atom. The summed E-state index contributed by atoms with van der Waals surface area (Å²) in [6.07, 6.45) is 0. The SMILES string of the molecule is CC(C)CN(C[C@H](C)N)C(C)C. The van der Waals surface area contributed by atoms with Crippen molar-refractivity contribution in [2.45, 2.75) is 46.7 Å². The summed E-state index contributed by atoms with van der Waals surface area (Å²) < 4.78 is 0. The van der Waals surface area contributed by atoms with Gasteiger partial charge in [0.25, 0.3) is 0 Å². The second kappa shape index (κ2) is 5.55. The van der Waals surface area contributed by atoms with Crippen LogP contribution in [0.1, 0.15) is 34.6 Å². The lowest BCUT2D eigenvalue weighted by Crippen LogP contribution is -2.41. The van der Waals surface area contributed by atoms with Crippen LogP contribution in [0.5, 0.6) is 0 Å². The molecule has 0 aliphatic rings. The molecular formula is C10H24N2. The summed E-state index contributed by atoms with van der Waals surface area (Å²) in [5.41, 5.74) is 5.77. The van der Waals surface area contributed by atoms with Gasteiger partial charge in [-0.3, -0.25) is 4.90 Å². The van der Waals surface area contributed by atoms with E-state index in [9.17, 15) is 0 Å². The van der Waals surface area contributed by atoms with E-state index in [1.54, 1.807) is 0 Å². The van der Waals surface area contributed by atoms with Crippen LogP contribution in [0.2, 0.25) is 0 Å². The molecule has 0 fully saturated rings. The number of nitrogens with zero attached hydrogens (tertiary/aromatic N) is 1. The number of hydrogen-bond donors (Lipinski definition) is 1. The summed E-state index contributed by atoms with van der Waals surface area (Å²) in [6.45, 7) is 13.2. The molecule has 1 atom stereocenters. The monoisotopic (exact) mass is 172 g/mol. The first-order chi connectivity index (χ1) is 5.43. The molecule has 74 valence electrons. The molecule has 0 aliphatic heterocycles. The van der Waals surface area contributed by atoms with E-state index < -0.39 is 0 Å². The minimum absolute atomic E-state index is 0.283. The Bertz CT molecular complexity index is 98.4. The lowest BCUT2D eigenvalue weighted by atomic mass is 10.1. The molecule has 0 rings (SSSR count). The van der Waals surface area contributed by atoms with E-state index in [2.05, 4.69) is 39.5 Å². The van der Waals surface area contributed by atoms with Gasteiger partial charge in [0.2, 0.25) is 0 Å². The van der Waals surface area contributed by atoms with Crippen molar-refractivity contribution in [3.63, 3.8) is 0 Å². The number of rotatable bonds is 5. The third-order valence-electron chi connectivity index (χ3n) is 1.85.